The van der Waals surface area contributed by atoms with Crippen LogP contribution in [0.5, 0.6) is 11.5 Å². The molecule has 0 aliphatic rings. The SMILES string of the molecule is CCOC(=O)Cn1c(=NC(=O)c2cccc(Oc3ccccc3)c2)sc2cc(C)ccc21. The maximum atomic E-state index is 13.0. The number of ether oxygens (including phenoxy) is 2. The molecule has 0 aliphatic heterocycles. The van der Waals surface area contributed by atoms with Crippen LogP contribution in [-0.2, 0) is 16.1 Å². The van der Waals surface area contributed by atoms with Crippen molar-refractivity contribution in [1.29, 1.82) is 0 Å². The number of para-hydroxylation sites is 1. The van der Waals surface area contributed by atoms with Gasteiger partial charge >= 0.3 is 5.97 Å². The summed E-state index contributed by atoms with van der Waals surface area (Å²) in [6.07, 6.45) is 0. The van der Waals surface area contributed by atoms with E-state index in [1.165, 1.54) is 11.3 Å². The number of hydrogen-bond acceptors (Lipinski definition) is 5. The summed E-state index contributed by atoms with van der Waals surface area (Å²) in [5, 5.41) is 0. The van der Waals surface area contributed by atoms with Crippen LogP contribution in [0.4, 0.5) is 0 Å². The molecule has 1 heterocycles. The summed E-state index contributed by atoms with van der Waals surface area (Å²) in [6.45, 7) is 4.03. The topological polar surface area (TPSA) is 69.9 Å². The fourth-order valence-electron chi connectivity index (χ4n) is 3.22. The zero-order chi connectivity index (χ0) is 22.5. The summed E-state index contributed by atoms with van der Waals surface area (Å²) in [5.41, 5.74) is 2.32. The maximum Gasteiger partial charge on any atom is 0.326 e. The predicted octanol–water partition coefficient (Wildman–Crippen LogP) is 5.11. The van der Waals surface area contributed by atoms with Gasteiger partial charge in [0, 0.05) is 5.56 Å². The minimum absolute atomic E-state index is 0.0137. The van der Waals surface area contributed by atoms with Crippen LogP contribution in [0.3, 0.4) is 0 Å². The van der Waals surface area contributed by atoms with Crippen molar-refractivity contribution in [2.24, 2.45) is 4.99 Å². The molecule has 1 amide bonds. The number of esters is 1. The van der Waals surface area contributed by atoms with Crippen molar-refractivity contribution in [3.8, 4) is 11.5 Å². The Morgan fingerprint density at radius 2 is 1.75 bits per heavy atom. The third kappa shape index (κ3) is 4.95. The van der Waals surface area contributed by atoms with Crippen molar-refractivity contribution in [1.82, 2.24) is 4.57 Å². The Labute approximate surface area is 189 Å². The van der Waals surface area contributed by atoms with Crippen LogP contribution < -0.4 is 9.54 Å². The molecule has 162 valence electrons. The van der Waals surface area contributed by atoms with E-state index in [1.807, 2.05) is 55.5 Å². The highest BCUT2D eigenvalue weighted by Crippen LogP contribution is 2.23. The Kier molecular flexibility index (Phi) is 6.47. The lowest BCUT2D eigenvalue weighted by Gasteiger charge is -2.06. The van der Waals surface area contributed by atoms with Crippen molar-refractivity contribution in [3.63, 3.8) is 0 Å². The first-order chi connectivity index (χ1) is 15.5. The van der Waals surface area contributed by atoms with Crippen LogP contribution in [0.25, 0.3) is 10.2 Å². The second-order valence-corrected chi connectivity index (χ2v) is 8.12. The highest BCUT2D eigenvalue weighted by molar-refractivity contribution is 7.16. The van der Waals surface area contributed by atoms with Gasteiger partial charge in [-0.05, 0) is 61.9 Å². The Balaban J connectivity index is 1.70. The maximum absolute atomic E-state index is 13.0. The number of amides is 1. The van der Waals surface area contributed by atoms with Gasteiger partial charge in [-0.15, -0.1) is 0 Å². The molecule has 4 aromatic rings. The lowest BCUT2D eigenvalue weighted by atomic mass is 10.2. The van der Waals surface area contributed by atoms with E-state index in [2.05, 4.69) is 4.99 Å². The lowest BCUT2D eigenvalue weighted by Crippen LogP contribution is -2.23. The number of carbonyl (C=O) groups excluding carboxylic acids is 2. The molecule has 0 N–H and O–H groups in total. The standard InChI is InChI=1S/C25H22N2O4S/c1-3-30-23(28)16-27-21-13-12-17(2)14-22(21)32-25(27)26-24(29)18-8-7-11-20(15-18)31-19-9-5-4-6-10-19/h4-15H,3,16H2,1-2H3. The van der Waals surface area contributed by atoms with E-state index in [4.69, 9.17) is 9.47 Å². The summed E-state index contributed by atoms with van der Waals surface area (Å²) in [4.78, 5) is 29.9. The molecule has 0 fully saturated rings. The molecule has 32 heavy (non-hydrogen) atoms. The van der Waals surface area contributed by atoms with Gasteiger partial charge < -0.3 is 14.0 Å². The van der Waals surface area contributed by atoms with E-state index in [0.717, 1.165) is 15.8 Å². The Bertz CT molecular complexity index is 1340. The summed E-state index contributed by atoms with van der Waals surface area (Å²) in [6, 6.07) is 22.1. The molecule has 0 saturated heterocycles. The van der Waals surface area contributed by atoms with Crippen LogP contribution in [-0.4, -0.2) is 23.1 Å². The number of fused-ring (bicyclic) bond motifs is 1. The van der Waals surface area contributed by atoms with Crippen molar-refractivity contribution in [2.75, 3.05) is 6.61 Å². The molecule has 0 saturated carbocycles. The van der Waals surface area contributed by atoms with Crippen LogP contribution in [0.1, 0.15) is 22.8 Å². The van der Waals surface area contributed by atoms with Crippen molar-refractivity contribution in [3.05, 3.63) is 88.7 Å². The summed E-state index contributed by atoms with van der Waals surface area (Å²) >= 11 is 1.36. The molecule has 6 nitrogen and oxygen atoms in total. The van der Waals surface area contributed by atoms with Crippen LogP contribution >= 0.6 is 11.3 Å². The second kappa shape index (κ2) is 9.62. The highest BCUT2D eigenvalue weighted by atomic mass is 32.1. The molecule has 0 bridgehead atoms. The third-order valence-corrected chi connectivity index (χ3v) is 5.73. The van der Waals surface area contributed by atoms with E-state index in [1.54, 1.807) is 35.8 Å². The van der Waals surface area contributed by atoms with Crippen LogP contribution in [0.15, 0.2) is 77.8 Å². The number of aromatic nitrogens is 1. The first kappa shape index (κ1) is 21.5. The number of hydrogen-bond donors (Lipinski definition) is 0. The molecule has 3 aromatic carbocycles. The van der Waals surface area contributed by atoms with Gasteiger partial charge in [-0.3, -0.25) is 9.59 Å². The molecule has 0 unspecified atom stereocenters. The van der Waals surface area contributed by atoms with E-state index in [9.17, 15) is 9.59 Å². The average molecular weight is 447 g/mol. The van der Waals surface area contributed by atoms with E-state index in [-0.39, 0.29) is 12.5 Å². The smallest absolute Gasteiger partial charge is 0.326 e. The minimum Gasteiger partial charge on any atom is -0.465 e. The quantitative estimate of drug-likeness (QED) is 0.386. The second-order valence-electron chi connectivity index (χ2n) is 7.11. The molecule has 0 radical (unpaired) electrons. The average Bonchev–Trinajstić information content (AvgIpc) is 3.10. The van der Waals surface area contributed by atoms with Gasteiger partial charge in [-0.25, -0.2) is 0 Å². The molecule has 0 atom stereocenters. The van der Waals surface area contributed by atoms with Gasteiger partial charge in [0.2, 0.25) is 0 Å². The summed E-state index contributed by atoms with van der Waals surface area (Å²) in [5.74, 6) is 0.439. The fraction of sp³-hybridized carbons (Fsp3) is 0.160. The number of benzene rings is 3. The Hall–Kier alpha value is -3.71. The molecular weight excluding hydrogens is 424 g/mol. The zero-order valence-electron chi connectivity index (χ0n) is 17.8. The summed E-state index contributed by atoms with van der Waals surface area (Å²) < 4.78 is 13.6. The fourth-order valence-corrected chi connectivity index (χ4v) is 4.35. The number of nitrogens with zero attached hydrogens (tertiary/aromatic N) is 2. The number of aryl methyl sites for hydroxylation is 1. The van der Waals surface area contributed by atoms with Crippen LogP contribution in [0.2, 0.25) is 0 Å². The zero-order valence-corrected chi connectivity index (χ0v) is 18.6. The Morgan fingerprint density at radius 3 is 2.53 bits per heavy atom. The van der Waals surface area contributed by atoms with Gasteiger partial charge in [-0.1, -0.05) is 41.7 Å². The first-order valence-corrected chi connectivity index (χ1v) is 11.0. The number of rotatable bonds is 6. The first-order valence-electron chi connectivity index (χ1n) is 10.2. The minimum atomic E-state index is -0.413. The van der Waals surface area contributed by atoms with Crippen molar-refractivity contribution < 1.29 is 19.1 Å². The van der Waals surface area contributed by atoms with Gasteiger partial charge in [0.15, 0.2) is 4.80 Å². The molecule has 7 heteroatoms. The van der Waals surface area contributed by atoms with Gasteiger partial charge in [-0.2, -0.15) is 4.99 Å². The largest absolute Gasteiger partial charge is 0.465 e. The lowest BCUT2D eigenvalue weighted by molar-refractivity contribution is -0.143. The monoisotopic (exact) mass is 446 g/mol. The van der Waals surface area contributed by atoms with E-state index >= 15 is 0 Å². The third-order valence-electron chi connectivity index (χ3n) is 4.69. The van der Waals surface area contributed by atoms with Crippen LogP contribution in [0, 0.1) is 6.92 Å². The van der Waals surface area contributed by atoms with E-state index < -0.39 is 5.91 Å². The van der Waals surface area contributed by atoms with Gasteiger partial charge in [0.05, 0.1) is 16.8 Å². The van der Waals surface area contributed by atoms with Gasteiger partial charge in [0.1, 0.15) is 18.0 Å². The van der Waals surface area contributed by atoms with Crippen molar-refractivity contribution >= 4 is 33.4 Å². The number of thiazole rings is 1. The number of carbonyl (C=O) groups is 2. The molecule has 4 rings (SSSR count). The predicted molar refractivity (Wildman–Crippen MR) is 124 cm³/mol. The Morgan fingerprint density at radius 1 is 0.969 bits per heavy atom. The van der Waals surface area contributed by atoms with Crippen molar-refractivity contribution in [2.45, 2.75) is 20.4 Å². The molecule has 0 spiro atoms. The van der Waals surface area contributed by atoms with E-state index in [0.29, 0.717) is 28.5 Å². The normalized spacial score (nSPS) is 11.5. The highest BCUT2D eigenvalue weighted by Gasteiger charge is 2.13. The van der Waals surface area contributed by atoms with Gasteiger partial charge in [0.25, 0.3) is 5.91 Å². The summed E-state index contributed by atoms with van der Waals surface area (Å²) in [7, 11) is 0. The molecular formula is C25H22N2O4S. The molecule has 1 aromatic heterocycles. The molecule has 0 aliphatic carbocycles.